The Labute approximate surface area is 164 Å². The highest BCUT2D eigenvalue weighted by molar-refractivity contribution is 7.14. The van der Waals surface area contributed by atoms with E-state index >= 15 is 0 Å². The van der Waals surface area contributed by atoms with Crippen LogP contribution in [0.5, 0.6) is 5.06 Å². The zero-order valence-corrected chi connectivity index (χ0v) is 16.8. The first-order valence-electron chi connectivity index (χ1n) is 8.77. The fraction of sp³-hybridized carbons (Fsp3) is 0.500. The van der Waals surface area contributed by atoms with E-state index in [1.54, 1.807) is 18.3 Å². The van der Waals surface area contributed by atoms with Crippen molar-refractivity contribution in [1.29, 1.82) is 0 Å². The molecule has 0 radical (unpaired) electrons. The Kier molecular flexibility index (Phi) is 7.22. The molecule has 2 heterocycles. The molecule has 10 heteroatoms. The summed E-state index contributed by atoms with van der Waals surface area (Å²) in [5, 5.41) is 6.50. The molecule has 6 nitrogen and oxygen atoms in total. The van der Waals surface area contributed by atoms with E-state index in [4.69, 9.17) is 9.26 Å². The maximum atomic E-state index is 12.5. The van der Waals surface area contributed by atoms with Crippen LogP contribution >= 0.6 is 11.3 Å². The lowest BCUT2D eigenvalue weighted by atomic mass is 10.1. The van der Waals surface area contributed by atoms with Crippen LogP contribution in [0.25, 0.3) is 12.2 Å². The average Bonchev–Trinajstić information content (AvgIpc) is 3.12. The number of hydrogen-bond donors (Lipinski definition) is 1. The van der Waals surface area contributed by atoms with Crippen molar-refractivity contribution in [3.63, 3.8) is 0 Å². The summed E-state index contributed by atoms with van der Waals surface area (Å²) in [6.07, 6.45) is 0.672. The normalized spacial score (nSPS) is 13.1. The van der Waals surface area contributed by atoms with E-state index in [0.29, 0.717) is 16.5 Å². The molecule has 0 saturated heterocycles. The third-order valence-corrected chi connectivity index (χ3v) is 4.92. The monoisotopic (exact) mass is 417 g/mol. The fourth-order valence-corrected chi connectivity index (χ4v) is 3.08. The predicted octanol–water partition coefficient (Wildman–Crippen LogP) is 5.30. The number of halogens is 3. The number of aromatic nitrogens is 2. The smallest absolute Gasteiger partial charge is 0.397 e. The van der Waals surface area contributed by atoms with E-state index in [1.165, 1.54) is 0 Å². The van der Waals surface area contributed by atoms with Gasteiger partial charge < -0.3 is 14.6 Å². The number of ether oxygens (including phenoxy) is 1. The van der Waals surface area contributed by atoms with Crippen LogP contribution < -0.4 is 10.1 Å². The van der Waals surface area contributed by atoms with Crippen LogP contribution in [-0.2, 0) is 6.42 Å². The molecular weight excluding hydrogens is 395 g/mol. The molecule has 1 N–H and O–H groups in total. The van der Waals surface area contributed by atoms with Gasteiger partial charge in [-0.2, -0.15) is 13.2 Å². The second-order valence-electron chi connectivity index (χ2n) is 6.26. The number of amides is 1. The van der Waals surface area contributed by atoms with E-state index in [1.807, 2.05) is 13.0 Å². The van der Waals surface area contributed by atoms with Gasteiger partial charge >= 0.3 is 12.3 Å². The van der Waals surface area contributed by atoms with E-state index in [2.05, 4.69) is 17.1 Å². The second kappa shape index (κ2) is 9.22. The van der Waals surface area contributed by atoms with Crippen LogP contribution in [0.15, 0.2) is 4.52 Å². The minimum atomic E-state index is -4.54. The van der Waals surface area contributed by atoms with Crippen LogP contribution in [0, 0.1) is 13.8 Å². The van der Waals surface area contributed by atoms with Gasteiger partial charge in [-0.3, -0.25) is 0 Å². The van der Waals surface area contributed by atoms with Gasteiger partial charge in [0, 0.05) is 5.56 Å². The number of aryl methyl sites for hydroxylation is 3. The number of carbonyl (C=O) groups is 1. The summed E-state index contributed by atoms with van der Waals surface area (Å²) in [6.45, 7) is 6.36. The lowest BCUT2D eigenvalue weighted by Crippen LogP contribution is -2.44. The number of alkyl halides is 3. The summed E-state index contributed by atoms with van der Waals surface area (Å²) in [4.78, 5) is 15.9. The molecular formula is C18H22F3N3O3S. The first kappa shape index (κ1) is 21.9. The van der Waals surface area contributed by atoms with Gasteiger partial charge in [-0.1, -0.05) is 29.8 Å². The Hall–Kier alpha value is -2.36. The number of thiazole rings is 1. The van der Waals surface area contributed by atoms with Crippen LogP contribution in [0.2, 0.25) is 0 Å². The van der Waals surface area contributed by atoms with Crippen molar-refractivity contribution < 1.29 is 27.2 Å². The van der Waals surface area contributed by atoms with Crippen LogP contribution in [0.3, 0.4) is 0 Å². The van der Waals surface area contributed by atoms with Crippen LogP contribution in [0.4, 0.5) is 18.0 Å². The summed E-state index contributed by atoms with van der Waals surface area (Å²) in [7, 11) is 0. The van der Waals surface area contributed by atoms with Crippen molar-refractivity contribution >= 4 is 29.6 Å². The molecule has 1 atom stereocenters. The van der Waals surface area contributed by atoms with Crippen molar-refractivity contribution in [1.82, 2.24) is 15.5 Å². The van der Waals surface area contributed by atoms with Gasteiger partial charge in [-0.15, -0.1) is 0 Å². The minimum Gasteiger partial charge on any atom is -0.397 e. The molecule has 0 bridgehead atoms. The summed E-state index contributed by atoms with van der Waals surface area (Å²) >= 11 is 1.06. The number of nitrogens with one attached hydrogen (secondary N) is 1. The zero-order chi connectivity index (χ0) is 20.9. The Bertz CT molecular complexity index is 843. The highest BCUT2D eigenvalue weighted by Gasteiger charge is 2.37. The average molecular weight is 417 g/mol. The molecule has 0 aromatic carbocycles. The van der Waals surface area contributed by atoms with Crippen LogP contribution in [-0.4, -0.2) is 28.5 Å². The lowest BCUT2D eigenvalue weighted by molar-refractivity contribution is -0.149. The number of nitrogens with zero attached hydrogens (tertiary/aromatic N) is 2. The Morgan fingerprint density at radius 1 is 1.36 bits per heavy atom. The highest BCUT2D eigenvalue weighted by atomic mass is 32.1. The van der Waals surface area contributed by atoms with Crippen molar-refractivity contribution in [2.75, 3.05) is 0 Å². The van der Waals surface area contributed by atoms with Gasteiger partial charge in [0.25, 0.3) is 0 Å². The highest BCUT2D eigenvalue weighted by Crippen LogP contribution is 2.29. The second-order valence-corrected chi connectivity index (χ2v) is 7.25. The first-order chi connectivity index (χ1) is 13.1. The minimum absolute atomic E-state index is 0.139. The maximum absolute atomic E-state index is 12.5. The molecule has 154 valence electrons. The molecule has 2 rings (SSSR count). The molecule has 2 aromatic heterocycles. The molecule has 0 aliphatic carbocycles. The summed E-state index contributed by atoms with van der Waals surface area (Å²) in [6, 6.07) is -2.01. The SMILES string of the molecule is CCCCc1noc(C)c1/C=C/c1nc(C)c(OC(=O)N[C@H](C)C(F)(F)F)s1. The molecule has 0 fully saturated rings. The number of unbranched alkanes of at least 4 members (excludes halogenated alkanes) is 1. The molecule has 0 saturated carbocycles. The van der Waals surface area contributed by atoms with Gasteiger partial charge in [-0.25, -0.2) is 9.78 Å². The molecule has 28 heavy (non-hydrogen) atoms. The molecule has 0 spiro atoms. The Morgan fingerprint density at radius 3 is 2.71 bits per heavy atom. The molecule has 0 aliphatic rings. The number of rotatable bonds is 7. The predicted molar refractivity (Wildman–Crippen MR) is 100 cm³/mol. The van der Waals surface area contributed by atoms with E-state index in [9.17, 15) is 18.0 Å². The fourth-order valence-electron chi connectivity index (χ4n) is 2.26. The van der Waals surface area contributed by atoms with Gasteiger partial charge in [0.1, 0.15) is 16.8 Å². The standard InChI is InChI=1S/C18H22F3N3O3S/c1-5-6-7-14-13(11(3)27-24-14)8-9-15-22-10(2)16(28-15)26-17(25)23-12(4)18(19,20)21/h8-9,12H,5-7H2,1-4H3,(H,23,25)/b9-8+/t12-/m1/s1. The molecule has 0 unspecified atom stereocenters. The van der Waals surface area contributed by atoms with Crippen molar-refractivity contribution in [2.24, 2.45) is 0 Å². The van der Waals surface area contributed by atoms with Crippen molar-refractivity contribution in [3.05, 3.63) is 27.7 Å². The quantitative estimate of drug-likeness (QED) is 0.661. The summed E-state index contributed by atoms with van der Waals surface area (Å²) in [5.74, 6) is 0.688. The Morgan fingerprint density at radius 2 is 2.07 bits per heavy atom. The summed E-state index contributed by atoms with van der Waals surface area (Å²) in [5.41, 5.74) is 2.15. The van der Waals surface area contributed by atoms with E-state index in [0.717, 1.165) is 48.8 Å². The van der Waals surface area contributed by atoms with Crippen molar-refractivity contribution in [2.45, 2.75) is 59.2 Å². The molecule has 1 amide bonds. The van der Waals surface area contributed by atoms with Gasteiger partial charge in [0.2, 0.25) is 5.06 Å². The van der Waals surface area contributed by atoms with Gasteiger partial charge in [-0.05, 0) is 45.8 Å². The molecule has 0 aliphatic heterocycles. The van der Waals surface area contributed by atoms with Gasteiger partial charge in [0.15, 0.2) is 0 Å². The third kappa shape index (κ3) is 5.82. The third-order valence-electron chi connectivity index (χ3n) is 3.92. The van der Waals surface area contributed by atoms with Crippen LogP contribution in [0.1, 0.15) is 54.4 Å². The topological polar surface area (TPSA) is 77.2 Å². The zero-order valence-electron chi connectivity index (χ0n) is 16.0. The summed E-state index contributed by atoms with van der Waals surface area (Å²) < 4.78 is 47.7. The lowest BCUT2D eigenvalue weighted by Gasteiger charge is -2.16. The number of hydrogen-bond acceptors (Lipinski definition) is 6. The largest absolute Gasteiger partial charge is 0.413 e. The van der Waals surface area contributed by atoms with Gasteiger partial charge in [0.05, 0.1) is 11.4 Å². The molecule has 2 aromatic rings. The number of carbonyl (C=O) groups excluding carboxylic acids is 1. The first-order valence-corrected chi connectivity index (χ1v) is 9.59. The Balaban J connectivity index is 2.07. The van der Waals surface area contributed by atoms with E-state index in [-0.39, 0.29) is 5.06 Å². The maximum Gasteiger partial charge on any atom is 0.413 e. The van der Waals surface area contributed by atoms with Crippen molar-refractivity contribution in [3.8, 4) is 5.06 Å². The van der Waals surface area contributed by atoms with E-state index < -0.39 is 18.3 Å².